The number of nitrogens with zero attached hydrogens (tertiary/aromatic N) is 2. The zero-order valence-electron chi connectivity index (χ0n) is 13.0. The van der Waals surface area contributed by atoms with Gasteiger partial charge in [-0.05, 0) is 41.4 Å². The molecule has 0 bridgehead atoms. The lowest BCUT2D eigenvalue weighted by molar-refractivity contribution is 0.419. The van der Waals surface area contributed by atoms with Crippen LogP contribution in [0.15, 0.2) is 24.3 Å². The van der Waals surface area contributed by atoms with Gasteiger partial charge in [0.15, 0.2) is 0 Å². The Morgan fingerprint density at radius 3 is 2.67 bits per heavy atom. The molecular formula is C17H23N3S. The van der Waals surface area contributed by atoms with E-state index in [2.05, 4.69) is 54.6 Å². The van der Waals surface area contributed by atoms with Gasteiger partial charge in [-0.25, -0.2) is 0 Å². The third-order valence-corrected chi connectivity index (χ3v) is 5.16. The fraction of sp³-hybridized carbons (Fsp3) is 0.529. The van der Waals surface area contributed by atoms with Gasteiger partial charge in [0.2, 0.25) is 0 Å². The van der Waals surface area contributed by atoms with Gasteiger partial charge in [-0.1, -0.05) is 55.9 Å². The topological polar surface area (TPSA) is 51.8 Å². The van der Waals surface area contributed by atoms with Gasteiger partial charge in [0.05, 0.1) is 16.6 Å². The summed E-state index contributed by atoms with van der Waals surface area (Å²) in [7, 11) is 0. The van der Waals surface area contributed by atoms with Crippen LogP contribution in [0.4, 0.5) is 0 Å². The molecule has 2 N–H and O–H groups in total. The van der Waals surface area contributed by atoms with Crippen molar-refractivity contribution in [1.29, 1.82) is 0 Å². The molecule has 0 saturated heterocycles. The molecule has 1 atom stereocenters. The summed E-state index contributed by atoms with van der Waals surface area (Å²) in [6, 6.07) is 8.64. The molecule has 2 aromatic rings. The molecule has 0 aliphatic heterocycles. The quantitative estimate of drug-likeness (QED) is 0.926. The van der Waals surface area contributed by atoms with E-state index in [-0.39, 0.29) is 11.5 Å². The fourth-order valence-electron chi connectivity index (χ4n) is 2.82. The lowest BCUT2D eigenvalue weighted by atomic mass is 9.79. The second-order valence-corrected chi connectivity index (χ2v) is 7.80. The molecule has 21 heavy (non-hydrogen) atoms. The first kappa shape index (κ1) is 14.7. The Labute approximate surface area is 130 Å². The van der Waals surface area contributed by atoms with Crippen LogP contribution in [0.3, 0.4) is 0 Å². The minimum Gasteiger partial charge on any atom is -0.319 e. The van der Waals surface area contributed by atoms with Gasteiger partial charge in [-0.3, -0.25) is 0 Å². The van der Waals surface area contributed by atoms with Crippen molar-refractivity contribution >= 4 is 11.5 Å². The molecule has 0 radical (unpaired) electrons. The summed E-state index contributed by atoms with van der Waals surface area (Å²) in [6.07, 6.45) is 3.98. The minimum absolute atomic E-state index is 0.0223. The highest BCUT2D eigenvalue weighted by Crippen LogP contribution is 2.38. The van der Waals surface area contributed by atoms with Crippen molar-refractivity contribution in [3.8, 4) is 0 Å². The summed E-state index contributed by atoms with van der Waals surface area (Å²) in [5.74, 6) is 0.735. The van der Waals surface area contributed by atoms with Crippen LogP contribution >= 0.6 is 11.5 Å². The van der Waals surface area contributed by atoms with Crippen molar-refractivity contribution in [3.05, 3.63) is 46.0 Å². The Kier molecular flexibility index (Phi) is 3.84. The predicted molar refractivity (Wildman–Crippen MR) is 87.7 cm³/mol. The Bertz CT molecular complexity index is 623. The highest BCUT2D eigenvalue weighted by molar-refractivity contribution is 7.05. The van der Waals surface area contributed by atoms with E-state index in [9.17, 15) is 0 Å². The number of hydrogen-bond acceptors (Lipinski definition) is 4. The van der Waals surface area contributed by atoms with Crippen LogP contribution in [-0.4, -0.2) is 9.59 Å². The lowest BCUT2D eigenvalue weighted by Crippen LogP contribution is -2.20. The SMILES string of the molecule is CC(C)(C)c1nnsc1C(N)c1cccc(C2CCC2)c1. The Balaban J connectivity index is 1.92. The van der Waals surface area contributed by atoms with Crippen molar-refractivity contribution < 1.29 is 0 Å². The molecule has 4 heteroatoms. The second kappa shape index (κ2) is 5.50. The molecule has 1 aliphatic rings. The number of nitrogens with two attached hydrogens (primary N) is 1. The predicted octanol–water partition coefficient (Wildman–Crippen LogP) is 4.15. The van der Waals surface area contributed by atoms with Gasteiger partial charge in [-0.15, -0.1) is 5.10 Å². The third-order valence-electron chi connectivity index (χ3n) is 4.35. The molecule has 1 fully saturated rings. The molecular weight excluding hydrogens is 278 g/mol. The van der Waals surface area contributed by atoms with Gasteiger partial charge >= 0.3 is 0 Å². The Morgan fingerprint density at radius 2 is 2.05 bits per heavy atom. The number of benzene rings is 1. The van der Waals surface area contributed by atoms with E-state index in [0.717, 1.165) is 16.5 Å². The van der Waals surface area contributed by atoms with E-state index >= 15 is 0 Å². The van der Waals surface area contributed by atoms with Gasteiger partial charge in [0.1, 0.15) is 0 Å². The van der Waals surface area contributed by atoms with E-state index in [1.165, 1.54) is 41.9 Å². The van der Waals surface area contributed by atoms with Crippen molar-refractivity contribution in [1.82, 2.24) is 9.59 Å². The summed E-state index contributed by atoms with van der Waals surface area (Å²) in [5, 5.41) is 4.31. The van der Waals surface area contributed by atoms with Crippen molar-refractivity contribution in [3.63, 3.8) is 0 Å². The van der Waals surface area contributed by atoms with Crippen LogP contribution in [-0.2, 0) is 5.41 Å². The van der Waals surface area contributed by atoms with Gasteiger partial charge < -0.3 is 5.73 Å². The summed E-state index contributed by atoms with van der Waals surface area (Å²) < 4.78 is 4.13. The summed E-state index contributed by atoms with van der Waals surface area (Å²) >= 11 is 1.43. The molecule has 1 unspecified atom stereocenters. The summed E-state index contributed by atoms with van der Waals surface area (Å²) in [6.45, 7) is 6.47. The molecule has 3 rings (SSSR count). The van der Waals surface area contributed by atoms with Crippen LogP contribution in [0.5, 0.6) is 0 Å². The molecule has 1 heterocycles. The maximum atomic E-state index is 6.52. The van der Waals surface area contributed by atoms with Crippen LogP contribution < -0.4 is 5.73 Å². The van der Waals surface area contributed by atoms with Crippen molar-refractivity contribution in [2.75, 3.05) is 0 Å². The van der Waals surface area contributed by atoms with E-state index in [0.29, 0.717) is 0 Å². The molecule has 1 aromatic carbocycles. The van der Waals surface area contributed by atoms with E-state index < -0.39 is 0 Å². The first-order chi connectivity index (χ1) is 9.97. The van der Waals surface area contributed by atoms with Crippen LogP contribution in [0.25, 0.3) is 0 Å². The standard InChI is InChI=1S/C17H23N3S/c1-17(2,3)16-15(21-20-19-16)14(18)13-9-5-8-12(10-13)11-6-4-7-11/h5,8-11,14H,4,6-7,18H2,1-3H3. The molecule has 1 saturated carbocycles. The highest BCUT2D eigenvalue weighted by atomic mass is 32.1. The van der Waals surface area contributed by atoms with Gasteiger partial charge in [0.25, 0.3) is 0 Å². The maximum absolute atomic E-state index is 6.52. The first-order valence-electron chi connectivity index (χ1n) is 7.65. The van der Waals surface area contributed by atoms with Crippen LogP contribution in [0.2, 0.25) is 0 Å². The largest absolute Gasteiger partial charge is 0.319 e. The second-order valence-electron chi connectivity index (χ2n) is 7.01. The van der Waals surface area contributed by atoms with Gasteiger partial charge in [0, 0.05) is 5.41 Å². The molecule has 0 amide bonds. The molecule has 1 aromatic heterocycles. The van der Waals surface area contributed by atoms with Crippen LogP contribution in [0.1, 0.15) is 73.7 Å². The number of rotatable bonds is 3. The Morgan fingerprint density at radius 1 is 1.29 bits per heavy atom. The summed E-state index contributed by atoms with van der Waals surface area (Å²) in [4.78, 5) is 1.09. The molecule has 0 spiro atoms. The van der Waals surface area contributed by atoms with E-state index in [1.807, 2.05) is 0 Å². The average molecular weight is 301 g/mol. The zero-order valence-corrected chi connectivity index (χ0v) is 13.8. The van der Waals surface area contributed by atoms with Gasteiger partial charge in [-0.2, -0.15) is 0 Å². The molecule has 112 valence electrons. The smallest absolute Gasteiger partial charge is 0.0860 e. The first-order valence-corrected chi connectivity index (χ1v) is 8.42. The third kappa shape index (κ3) is 2.87. The maximum Gasteiger partial charge on any atom is 0.0860 e. The Hall–Kier alpha value is -1.26. The molecule has 1 aliphatic carbocycles. The zero-order chi connectivity index (χ0) is 15.0. The van der Waals surface area contributed by atoms with E-state index in [1.54, 1.807) is 0 Å². The molecule has 3 nitrogen and oxygen atoms in total. The average Bonchev–Trinajstić information content (AvgIpc) is 2.85. The summed E-state index contributed by atoms with van der Waals surface area (Å²) in [5.41, 5.74) is 10.1. The fourth-order valence-corrected chi connectivity index (χ4v) is 3.71. The normalized spacial score (nSPS) is 17.5. The lowest BCUT2D eigenvalue weighted by Gasteiger charge is -2.27. The monoisotopic (exact) mass is 301 g/mol. The van der Waals surface area contributed by atoms with Crippen molar-refractivity contribution in [2.24, 2.45) is 5.73 Å². The van der Waals surface area contributed by atoms with E-state index in [4.69, 9.17) is 5.73 Å². The highest BCUT2D eigenvalue weighted by Gasteiger charge is 2.27. The van der Waals surface area contributed by atoms with Crippen molar-refractivity contribution in [2.45, 2.75) is 57.4 Å². The van der Waals surface area contributed by atoms with Crippen LogP contribution in [0, 0.1) is 0 Å². The number of aromatic nitrogens is 2. The number of hydrogen-bond donors (Lipinski definition) is 1. The minimum atomic E-state index is -0.126.